The van der Waals surface area contributed by atoms with E-state index in [0.29, 0.717) is 17.2 Å². The molecule has 2 heterocycles. The van der Waals surface area contributed by atoms with Crippen molar-refractivity contribution in [3.05, 3.63) is 84.4 Å². The first-order chi connectivity index (χ1) is 15.6. The number of carbonyl (C=O) groups is 2. The number of amides is 2. The molecule has 2 saturated heterocycles. The van der Waals surface area contributed by atoms with Crippen LogP contribution in [0.1, 0.15) is 11.6 Å². The molecule has 32 heavy (non-hydrogen) atoms. The third kappa shape index (κ3) is 3.18. The Morgan fingerprint density at radius 1 is 0.719 bits per heavy atom. The maximum Gasteiger partial charge on any atom is 0.266 e. The predicted octanol–water partition coefficient (Wildman–Crippen LogP) is 3.75. The minimum atomic E-state index is -0.906. The number of para-hydroxylation sites is 1. The van der Waals surface area contributed by atoms with Crippen LogP contribution in [0.4, 0.5) is 11.4 Å². The Morgan fingerprint density at radius 2 is 1.31 bits per heavy atom. The molecule has 2 fully saturated rings. The lowest BCUT2D eigenvalue weighted by Crippen LogP contribution is -2.37. The van der Waals surface area contributed by atoms with Gasteiger partial charge in [-0.3, -0.25) is 14.4 Å². The first kappa shape index (κ1) is 20.1. The Balaban J connectivity index is 1.56. The molecule has 3 aromatic carbocycles. The van der Waals surface area contributed by atoms with Crippen molar-refractivity contribution in [2.45, 2.75) is 12.1 Å². The highest BCUT2D eigenvalue weighted by atomic mass is 16.7. The van der Waals surface area contributed by atoms with Crippen molar-refractivity contribution in [3.8, 4) is 11.5 Å². The maximum absolute atomic E-state index is 13.5. The number of hydroxylamine groups is 1. The average molecular weight is 430 g/mol. The third-order valence-electron chi connectivity index (χ3n) is 5.91. The molecule has 0 N–H and O–H groups in total. The molecule has 3 atom stereocenters. The Morgan fingerprint density at radius 3 is 1.91 bits per heavy atom. The highest BCUT2D eigenvalue weighted by molar-refractivity contribution is 6.23. The van der Waals surface area contributed by atoms with Gasteiger partial charge in [-0.05, 0) is 54.1 Å². The number of benzene rings is 3. The summed E-state index contributed by atoms with van der Waals surface area (Å²) in [5.74, 6) is 0.0958. The van der Waals surface area contributed by atoms with E-state index in [4.69, 9.17) is 14.3 Å². The van der Waals surface area contributed by atoms with Crippen LogP contribution in [0.5, 0.6) is 11.5 Å². The van der Waals surface area contributed by atoms with Crippen LogP contribution in [0.25, 0.3) is 0 Å². The van der Waals surface area contributed by atoms with Gasteiger partial charge in [-0.25, -0.2) is 9.96 Å². The molecule has 7 nitrogen and oxygen atoms in total. The molecule has 0 saturated carbocycles. The van der Waals surface area contributed by atoms with Crippen LogP contribution in [0.3, 0.4) is 0 Å². The third-order valence-corrected chi connectivity index (χ3v) is 5.91. The van der Waals surface area contributed by atoms with Gasteiger partial charge in [-0.15, -0.1) is 0 Å². The van der Waals surface area contributed by atoms with Gasteiger partial charge in [0.15, 0.2) is 6.10 Å². The second-order valence-corrected chi connectivity index (χ2v) is 7.64. The highest BCUT2D eigenvalue weighted by Gasteiger charge is 2.60. The van der Waals surface area contributed by atoms with E-state index >= 15 is 0 Å². The van der Waals surface area contributed by atoms with Crippen LogP contribution >= 0.6 is 0 Å². The quantitative estimate of drug-likeness (QED) is 0.575. The summed E-state index contributed by atoms with van der Waals surface area (Å²) in [5, 5.41) is 1.66. The van der Waals surface area contributed by atoms with Gasteiger partial charge in [0.1, 0.15) is 17.4 Å². The van der Waals surface area contributed by atoms with Gasteiger partial charge >= 0.3 is 0 Å². The smallest absolute Gasteiger partial charge is 0.266 e. The molecule has 2 aliphatic rings. The molecule has 0 radical (unpaired) electrons. The molecule has 0 aromatic heterocycles. The van der Waals surface area contributed by atoms with Gasteiger partial charge in [0.25, 0.3) is 5.91 Å². The van der Waals surface area contributed by atoms with E-state index in [2.05, 4.69) is 0 Å². The van der Waals surface area contributed by atoms with Crippen molar-refractivity contribution in [2.24, 2.45) is 5.92 Å². The van der Waals surface area contributed by atoms with Gasteiger partial charge < -0.3 is 9.47 Å². The summed E-state index contributed by atoms with van der Waals surface area (Å²) in [6, 6.07) is 23.3. The number of methoxy groups -OCH3 is 2. The summed E-state index contributed by atoms with van der Waals surface area (Å²) in [5.41, 5.74) is 2.13. The Bertz CT molecular complexity index is 1130. The summed E-state index contributed by atoms with van der Waals surface area (Å²) in [6.07, 6.45) is -0.906. The van der Waals surface area contributed by atoms with Crippen LogP contribution in [0, 0.1) is 5.92 Å². The summed E-state index contributed by atoms with van der Waals surface area (Å²) in [7, 11) is 3.20. The van der Waals surface area contributed by atoms with Crippen molar-refractivity contribution in [1.82, 2.24) is 0 Å². The average Bonchev–Trinajstić information content (AvgIpc) is 3.35. The number of carbonyl (C=O) groups excluding carboxylic acids is 2. The lowest BCUT2D eigenvalue weighted by molar-refractivity contribution is -0.126. The lowest BCUT2D eigenvalue weighted by atomic mass is 9.90. The first-order valence-electron chi connectivity index (χ1n) is 10.3. The maximum atomic E-state index is 13.5. The molecule has 0 unspecified atom stereocenters. The largest absolute Gasteiger partial charge is 0.497 e. The molecule has 7 heteroatoms. The summed E-state index contributed by atoms with van der Waals surface area (Å²) >= 11 is 0. The van der Waals surface area contributed by atoms with Gasteiger partial charge in [0, 0.05) is 0 Å². The number of hydrogen-bond acceptors (Lipinski definition) is 6. The number of fused-ring (bicyclic) bond motifs is 1. The summed E-state index contributed by atoms with van der Waals surface area (Å²) < 4.78 is 10.5. The SMILES string of the molecule is COc1ccc([C@@H]2[C@@H]3C(=O)N(c4ccccc4)C(=O)[C@@H]3ON2c2ccc(OC)cc2)cc1. The second-order valence-electron chi connectivity index (χ2n) is 7.64. The molecular formula is C25H22N2O5. The number of anilines is 2. The molecule has 2 amide bonds. The van der Waals surface area contributed by atoms with Gasteiger partial charge in [0.05, 0.1) is 31.6 Å². The van der Waals surface area contributed by atoms with E-state index in [-0.39, 0.29) is 11.8 Å². The number of rotatable bonds is 5. The monoisotopic (exact) mass is 430 g/mol. The Labute approximate surface area is 185 Å². The van der Waals surface area contributed by atoms with Crippen molar-refractivity contribution in [1.29, 1.82) is 0 Å². The lowest BCUT2D eigenvalue weighted by Gasteiger charge is -2.29. The first-order valence-corrected chi connectivity index (χ1v) is 10.3. The number of imide groups is 1. The molecule has 162 valence electrons. The van der Waals surface area contributed by atoms with Crippen molar-refractivity contribution in [3.63, 3.8) is 0 Å². The molecule has 0 bridgehead atoms. The van der Waals surface area contributed by atoms with Crippen LogP contribution < -0.4 is 19.4 Å². The Kier molecular flexibility index (Phi) is 5.03. The summed E-state index contributed by atoms with van der Waals surface area (Å²) in [6.45, 7) is 0. The zero-order valence-corrected chi connectivity index (χ0v) is 17.7. The highest BCUT2D eigenvalue weighted by Crippen LogP contribution is 2.47. The van der Waals surface area contributed by atoms with Gasteiger partial charge in [-0.2, -0.15) is 0 Å². The van der Waals surface area contributed by atoms with E-state index in [0.717, 1.165) is 11.3 Å². The zero-order valence-electron chi connectivity index (χ0n) is 17.7. The Hall–Kier alpha value is -3.84. The van der Waals surface area contributed by atoms with Crippen LogP contribution in [0.15, 0.2) is 78.9 Å². The second kappa shape index (κ2) is 8.01. The van der Waals surface area contributed by atoms with Crippen LogP contribution in [0.2, 0.25) is 0 Å². The zero-order chi connectivity index (χ0) is 22.2. The van der Waals surface area contributed by atoms with E-state index in [1.807, 2.05) is 54.6 Å². The molecular weight excluding hydrogens is 408 g/mol. The van der Waals surface area contributed by atoms with Gasteiger partial charge in [0.2, 0.25) is 5.91 Å². The molecule has 0 spiro atoms. The van der Waals surface area contributed by atoms with E-state index in [1.165, 1.54) is 4.90 Å². The molecule has 5 rings (SSSR count). The topological polar surface area (TPSA) is 68.3 Å². The van der Waals surface area contributed by atoms with Crippen LogP contribution in [-0.2, 0) is 14.4 Å². The standard InChI is InChI=1S/C25H22N2O5/c1-30-19-12-8-16(9-13-19)22-21-23(32-27(22)18-10-14-20(31-2)15-11-18)25(29)26(24(21)28)17-6-4-3-5-7-17/h3-15,21-23H,1-2H3/t21-,22+,23+/m0/s1. The van der Waals surface area contributed by atoms with E-state index in [1.54, 1.807) is 43.5 Å². The van der Waals surface area contributed by atoms with E-state index in [9.17, 15) is 9.59 Å². The number of hydrogen-bond donors (Lipinski definition) is 0. The molecule has 0 aliphatic carbocycles. The van der Waals surface area contributed by atoms with E-state index < -0.39 is 18.1 Å². The summed E-state index contributed by atoms with van der Waals surface area (Å²) in [4.78, 5) is 34.2. The van der Waals surface area contributed by atoms with Gasteiger partial charge in [-0.1, -0.05) is 30.3 Å². The van der Waals surface area contributed by atoms with Crippen molar-refractivity contribution < 1.29 is 23.9 Å². The number of ether oxygens (including phenoxy) is 2. The number of nitrogens with zero attached hydrogens (tertiary/aromatic N) is 2. The minimum absolute atomic E-state index is 0.275. The fourth-order valence-electron chi connectivity index (χ4n) is 4.34. The van der Waals surface area contributed by atoms with Crippen molar-refractivity contribution >= 4 is 23.2 Å². The normalized spacial score (nSPS) is 22.2. The fraction of sp³-hybridized carbons (Fsp3) is 0.200. The predicted molar refractivity (Wildman–Crippen MR) is 119 cm³/mol. The minimum Gasteiger partial charge on any atom is -0.497 e. The van der Waals surface area contributed by atoms with Crippen molar-refractivity contribution in [2.75, 3.05) is 24.2 Å². The fourth-order valence-corrected chi connectivity index (χ4v) is 4.34. The van der Waals surface area contributed by atoms with Crippen LogP contribution in [-0.4, -0.2) is 32.1 Å². The molecule has 2 aliphatic heterocycles. The molecule has 3 aromatic rings.